The zero-order valence-electron chi connectivity index (χ0n) is 12.1. The molecule has 0 saturated carbocycles. The molecule has 1 N–H and O–H groups in total. The molecule has 0 fully saturated rings. The lowest BCUT2D eigenvalue weighted by Gasteiger charge is -2.19. The van der Waals surface area contributed by atoms with Gasteiger partial charge in [-0.25, -0.2) is 0 Å². The molecule has 1 aromatic rings. The van der Waals surface area contributed by atoms with Gasteiger partial charge in [0.1, 0.15) is 0 Å². The topological polar surface area (TPSA) is 24.5 Å². The fraction of sp³-hybridized carbons (Fsp3) is 0.600. The second-order valence-electron chi connectivity index (χ2n) is 4.96. The van der Waals surface area contributed by atoms with E-state index in [4.69, 9.17) is 4.74 Å². The van der Waals surface area contributed by atoms with E-state index in [1.165, 1.54) is 11.1 Å². The number of ether oxygens (including phenoxy) is 1. The highest BCUT2D eigenvalue weighted by Gasteiger charge is 2.05. The van der Waals surface area contributed by atoms with Crippen LogP contribution in [-0.2, 0) is 17.8 Å². The Hall–Kier alpha value is -0.900. The number of hydrogen-bond donors (Lipinski definition) is 1. The average Bonchev–Trinajstić information content (AvgIpc) is 2.31. The maximum Gasteiger partial charge on any atom is 0.0596 e. The molecule has 0 aliphatic rings. The molecular weight excluding hydrogens is 224 g/mol. The molecule has 0 radical (unpaired) electrons. The summed E-state index contributed by atoms with van der Waals surface area (Å²) in [6.07, 6.45) is 0.315. The van der Waals surface area contributed by atoms with Gasteiger partial charge in [0, 0.05) is 19.6 Å². The maximum atomic E-state index is 5.57. The molecule has 0 heterocycles. The lowest BCUT2D eigenvalue weighted by Crippen LogP contribution is -2.24. The summed E-state index contributed by atoms with van der Waals surface area (Å²) in [7, 11) is 4.12. The van der Waals surface area contributed by atoms with Crippen LogP contribution in [0.2, 0.25) is 0 Å². The lowest BCUT2D eigenvalue weighted by atomic mass is 10.1. The van der Waals surface area contributed by atoms with Crippen molar-refractivity contribution < 1.29 is 4.74 Å². The standard InChI is InChI=1S/C15H26N2O/c1-13(2)18-10-9-17(4)12-15-8-6-5-7-14(15)11-16-3/h5-8,13,16H,9-12H2,1-4H3. The minimum Gasteiger partial charge on any atom is -0.377 e. The van der Waals surface area contributed by atoms with Gasteiger partial charge in [0.15, 0.2) is 0 Å². The molecule has 0 saturated heterocycles. The number of hydrogen-bond acceptors (Lipinski definition) is 3. The van der Waals surface area contributed by atoms with Crippen molar-refractivity contribution in [1.82, 2.24) is 10.2 Å². The lowest BCUT2D eigenvalue weighted by molar-refractivity contribution is 0.0626. The quantitative estimate of drug-likeness (QED) is 0.766. The normalized spacial score (nSPS) is 11.4. The smallest absolute Gasteiger partial charge is 0.0596 e. The third-order valence-electron chi connectivity index (χ3n) is 2.85. The van der Waals surface area contributed by atoms with Crippen molar-refractivity contribution in [3.63, 3.8) is 0 Å². The first-order chi connectivity index (χ1) is 8.63. The minimum absolute atomic E-state index is 0.315. The van der Waals surface area contributed by atoms with Crippen molar-refractivity contribution in [3.05, 3.63) is 35.4 Å². The molecular formula is C15H26N2O. The second kappa shape index (κ2) is 8.25. The maximum absolute atomic E-state index is 5.57. The number of benzene rings is 1. The highest BCUT2D eigenvalue weighted by atomic mass is 16.5. The van der Waals surface area contributed by atoms with Gasteiger partial charge in [0.2, 0.25) is 0 Å². The molecule has 0 unspecified atom stereocenters. The number of nitrogens with zero attached hydrogens (tertiary/aromatic N) is 1. The van der Waals surface area contributed by atoms with Crippen LogP contribution < -0.4 is 5.32 Å². The Morgan fingerprint density at radius 3 is 2.50 bits per heavy atom. The van der Waals surface area contributed by atoms with Crippen molar-refractivity contribution in [2.24, 2.45) is 0 Å². The molecule has 0 atom stereocenters. The van der Waals surface area contributed by atoms with Crippen molar-refractivity contribution in [3.8, 4) is 0 Å². The zero-order chi connectivity index (χ0) is 13.4. The van der Waals surface area contributed by atoms with Crippen LogP contribution in [0.1, 0.15) is 25.0 Å². The van der Waals surface area contributed by atoms with E-state index < -0.39 is 0 Å². The third kappa shape index (κ3) is 5.63. The van der Waals surface area contributed by atoms with Gasteiger partial charge in [-0.3, -0.25) is 4.90 Å². The summed E-state index contributed by atoms with van der Waals surface area (Å²) in [5.74, 6) is 0. The van der Waals surface area contributed by atoms with Gasteiger partial charge in [0.05, 0.1) is 12.7 Å². The van der Waals surface area contributed by atoms with E-state index in [2.05, 4.69) is 55.4 Å². The van der Waals surface area contributed by atoms with Gasteiger partial charge in [-0.2, -0.15) is 0 Å². The summed E-state index contributed by atoms with van der Waals surface area (Å²) in [6, 6.07) is 8.59. The molecule has 0 aliphatic carbocycles. The SMILES string of the molecule is CNCc1ccccc1CN(C)CCOC(C)C. The van der Waals surface area contributed by atoms with E-state index in [0.29, 0.717) is 6.10 Å². The van der Waals surface area contributed by atoms with E-state index in [1.807, 2.05) is 7.05 Å². The summed E-state index contributed by atoms with van der Waals surface area (Å²) in [4.78, 5) is 2.30. The van der Waals surface area contributed by atoms with E-state index in [9.17, 15) is 0 Å². The van der Waals surface area contributed by atoms with E-state index in [1.54, 1.807) is 0 Å². The van der Waals surface area contributed by atoms with Crippen molar-refractivity contribution in [2.75, 3.05) is 27.2 Å². The van der Waals surface area contributed by atoms with Crippen LogP contribution in [0, 0.1) is 0 Å². The van der Waals surface area contributed by atoms with Gasteiger partial charge < -0.3 is 10.1 Å². The molecule has 3 heteroatoms. The Morgan fingerprint density at radius 2 is 1.89 bits per heavy atom. The summed E-state index contributed by atoms with van der Waals surface area (Å²) < 4.78 is 5.57. The monoisotopic (exact) mass is 250 g/mol. The first-order valence-corrected chi connectivity index (χ1v) is 6.65. The highest BCUT2D eigenvalue weighted by molar-refractivity contribution is 5.26. The molecule has 1 aromatic carbocycles. The Balaban J connectivity index is 2.45. The van der Waals surface area contributed by atoms with Gasteiger partial charge >= 0.3 is 0 Å². The molecule has 0 spiro atoms. The Morgan fingerprint density at radius 1 is 1.22 bits per heavy atom. The minimum atomic E-state index is 0.315. The van der Waals surface area contributed by atoms with E-state index >= 15 is 0 Å². The van der Waals surface area contributed by atoms with Crippen LogP contribution in [0.3, 0.4) is 0 Å². The summed E-state index contributed by atoms with van der Waals surface area (Å²) in [5.41, 5.74) is 2.76. The van der Waals surface area contributed by atoms with Gasteiger partial charge in [0.25, 0.3) is 0 Å². The summed E-state index contributed by atoms with van der Waals surface area (Å²) in [5, 5.41) is 3.21. The van der Waals surface area contributed by atoms with Crippen molar-refractivity contribution in [1.29, 1.82) is 0 Å². The second-order valence-corrected chi connectivity index (χ2v) is 4.96. The van der Waals surface area contributed by atoms with Crippen LogP contribution >= 0.6 is 0 Å². The Labute approximate surface area is 111 Å². The molecule has 0 aliphatic heterocycles. The molecule has 102 valence electrons. The first-order valence-electron chi connectivity index (χ1n) is 6.65. The van der Waals surface area contributed by atoms with Crippen LogP contribution in [0.25, 0.3) is 0 Å². The highest BCUT2D eigenvalue weighted by Crippen LogP contribution is 2.10. The fourth-order valence-electron chi connectivity index (χ4n) is 1.89. The predicted octanol–water partition coefficient (Wildman–Crippen LogP) is 2.26. The molecule has 3 nitrogen and oxygen atoms in total. The Bertz CT molecular complexity index is 339. The van der Waals surface area contributed by atoms with Gasteiger partial charge in [-0.1, -0.05) is 24.3 Å². The third-order valence-corrected chi connectivity index (χ3v) is 2.85. The van der Waals surface area contributed by atoms with Crippen LogP contribution in [0.5, 0.6) is 0 Å². The number of rotatable bonds is 8. The first kappa shape index (κ1) is 15.2. The fourth-order valence-corrected chi connectivity index (χ4v) is 1.89. The molecule has 0 bridgehead atoms. The summed E-state index contributed by atoms with van der Waals surface area (Å²) in [6.45, 7) is 7.80. The van der Waals surface area contributed by atoms with Crippen molar-refractivity contribution >= 4 is 0 Å². The average molecular weight is 250 g/mol. The number of nitrogens with one attached hydrogen (secondary N) is 1. The van der Waals surface area contributed by atoms with E-state index in [0.717, 1.165) is 26.2 Å². The zero-order valence-corrected chi connectivity index (χ0v) is 12.1. The molecule has 0 amide bonds. The van der Waals surface area contributed by atoms with E-state index in [-0.39, 0.29) is 0 Å². The van der Waals surface area contributed by atoms with Crippen LogP contribution in [0.4, 0.5) is 0 Å². The largest absolute Gasteiger partial charge is 0.377 e. The van der Waals surface area contributed by atoms with Crippen LogP contribution in [0.15, 0.2) is 24.3 Å². The predicted molar refractivity (Wildman–Crippen MR) is 76.6 cm³/mol. The van der Waals surface area contributed by atoms with Gasteiger partial charge in [-0.15, -0.1) is 0 Å². The molecule has 18 heavy (non-hydrogen) atoms. The van der Waals surface area contributed by atoms with Crippen LogP contribution in [-0.4, -0.2) is 38.3 Å². The summed E-state index contributed by atoms with van der Waals surface area (Å²) >= 11 is 0. The molecule has 1 rings (SSSR count). The van der Waals surface area contributed by atoms with Crippen molar-refractivity contribution in [2.45, 2.75) is 33.0 Å². The molecule has 0 aromatic heterocycles. The van der Waals surface area contributed by atoms with Gasteiger partial charge in [-0.05, 0) is 39.1 Å². The number of likely N-dealkylation sites (N-methyl/N-ethyl adjacent to an activating group) is 1. The Kier molecular flexibility index (Phi) is 6.94.